The van der Waals surface area contributed by atoms with Crippen LogP contribution in [0, 0.1) is 6.92 Å². The molecule has 1 N–H and O–H groups in total. The molecule has 1 heterocycles. The highest BCUT2D eigenvalue weighted by Crippen LogP contribution is 2.19. The van der Waals surface area contributed by atoms with Crippen molar-refractivity contribution in [3.63, 3.8) is 0 Å². The number of aromatic nitrogens is 1. The SMILES string of the molecule is Cc1cc(CSC(C)CCO)on1. The maximum atomic E-state index is 8.69. The first-order chi connectivity index (χ1) is 6.22. The van der Waals surface area contributed by atoms with Crippen LogP contribution in [0.3, 0.4) is 0 Å². The van der Waals surface area contributed by atoms with Crippen molar-refractivity contribution in [2.75, 3.05) is 6.61 Å². The molecule has 0 aliphatic carbocycles. The standard InChI is InChI=1S/C9H15NO2S/c1-7-5-9(12-10-7)6-13-8(2)3-4-11/h5,8,11H,3-4,6H2,1-2H3. The van der Waals surface area contributed by atoms with Crippen LogP contribution >= 0.6 is 11.8 Å². The summed E-state index contributed by atoms with van der Waals surface area (Å²) < 4.78 is 5.06. The molecule has 0 saturated heterocycles. The molecule has 0 saturated carbocycles. The monoisotopic (exact) mass is 201 g/mol. The Morgan fingerprint density at radius 3 is 3.00 bits per heavy atom. The van der Waals surface area contributed by atoms with Crippen LogP contribution in [0.1, 0.15) is 24.8 Å². The van der Waals surface area contributed by atoms with Crippen LogP contribution in [0.25, 0.3) is 0 Å². The zero-order valence-electron chi connectivity index (χ0n) is 7.99. The van der Waals surface area contributed by atoms with Crippen LogP contribution in [-0.4, -0.2) is 22.1 Å². The molecular weight excluding hydrogens is 186 g/mol. The maximum absolute atomic E-state index is 8.69. The van der Waals surface area contributed by atoms with Crippen LogP contribution in [0.15, 0.2) is 10.6 Å². The van der Waals surface area contributed by atoms with E-state index in [1.807, 2.05) is 13.0 Å². The summed E-state index contributed by atoms with van der Waals surface area (Å²) in [4.78, 5) is 0. The molecule has 0 bridgehead atoms. The van der Waals surface area contributed by atoms with Gasteiger partial charge in [-0.3, -0.25) is 0 Å². The van der Waals surface area contributed by atoms with E-state index in [0.717, 1.165) is 23.6 Å². The van der Waals surface area contributed by atoms with Crippen molar-refractivity contribution >= 4 is 11.8 Å². The second-order valence-electron chi connectivity index (χ2n) is 3.07. The van der Waals surface area contributed by atoms with Crippen molar-refractivity contribution in [1.29, 1.82) is 0 Å². The second kappa shape index (κ2) is 5.29. The molecule has 3 nitrogen and oxygen atoms in total. The first kappa shape index (κ1) is 10.6. The molecule has 0 fully saturated rings. The third-order valence-electron chi connectivity index (χ3n) is 1.72. The molecule has 1 aromatic rings. The van der Waals surface area contributed by atoms with Gasteiger partial charge in [-0.15, -0.1) is 0 Å². The number of rotatable bonds is 5. The number of aryl methyl sites for hydroxylation is 1. The van der Waals surface area contributed by atoms with Gasteiger partial charge in [0.05, 0.1) is 11.4 Å². The van der Waals surface area contributed by atoms with Crippen molar-refractivity contribution < 1.29 is 9.63 Å². The Morgan fingerprint density at radius 1 is 1.69 bits per heavy atom. The Kier molecular flexibility index (Phi) is 4.32. The maximum Gasteiger partial charge on any atom is 0.146 e. The van der Waals surface area contributed by atoms with Gasteiger partial charge in [-0.25, -0.2) is 0 Å². The van der Waals surface area contributed by atoms with Gasteiger partial charge in [-0.2, -0.15) is 11.8 Å². The molecule has 0 aliphatic heterocycles. The average Bonchev–Trinajstić information content (AvgIpc) is 2.49. The Balaban J connectivity index is 2.26. The molecular formula is C9H15NO2S. The van der Waals surface area contributed by atoms with Crippen molar-refractivity contribution in [1.82, 2.24) is 5.16 Å². The van der Waals surface area contributed by atoms with Gasteiger partial charge >= 0.3 is 0 Å². The summed E-state index contributed by atoms with van der Waals surface area (Å²) in [6.45, 7) is 4.27. The number of aliphatic hydroxyl groups excluding tert-OH is 1. The van der Waals surface area contributed by atoms with Crippen molar-refractivity contribution in [3.8, 4) is 0 Å². The van der Waals surface area contributed by atoms with Gasteiger partial charge in [0.1, 0.15) is 5.76 Å². The first-order valence-electron chi connectivity index (χ1n) is 4.37. The minimum Gasteiger partial charge on any atom is -0.396 e. The third kappa shape index (κ3) is 3.83. The molecule has 0 aliphatic rings. The molecule has 1 aromatic heterocycles. The fraction of sp³-hybridized carbons (Fsp3) is 0.667. The normalized spacial score (nSPS) is 13.2. The number of hydrogen-bond donors (Lipinski definition) is 1. The highest BCUT2D eigenvalue weighted by molar-refractivity contribution is 7.99. The van der Waals surface area contributed by atoms with Crippen molar-refractivity contribution in [3.05, 3.63) is 17.5 Å². The number of aliphatic hydroxyl groups is 1. The van der Waals surface area contributed by atoms with Crippen LogP contribution in [0.2, 0.25) is 0 Å². The minimum atomic E-state index is 0.254. The second-order valence-corrected chi connectivity index (χ2v) is 4.50. The van der Waals surface area contributed by atoms with Gasteiger partial charge in [0, 0.05) is 17.9 Å². The third-order valence-corrected chi connectivity index (χ3v) is 2.98. The molecule has 1 unspecified atom stereocenters. The molecule has 13 heavy (non-hydrogen) atoms. The Hall–Kier alpha value is -0.480. The fourth-order valence-electron chi connectivity index (χ4n) is 0.974. The largest absolute Gasteiger partial charge is 0.396 e. The Labute approximate surface area is 82.5 Å². The van der Waals surface area contributed by atoms with E-state index in [9.17, 15) is 0 Å². The lowest BCUT2D eigenvalue weighted by Gasteiger charge is -2.06. The first-order valence-corrected chi connectivity index (χ1v) is 5.42. The molecule has 74 valence electrons. The lowest BCUT2D eigenvalue weighted by molar-refractivity contribution is 0.289. The van der Waals surface area contributed by atoms with E-state index in [-0.39, 0.29) is 6.61 Å². The van der Waals surface area contributed by atoms with E-state index in [1.165, 1.54) is 0 Å². The van der Waals surface area contributed by atoms with E-state index in [2.05, 4.69) is 12.1 Å². The topological polar surface area (TPSA) is 46.3 Å². The predicted octanol–water partition coefficient (Wildman–Crippen LogP) is 1.99. The number of thioether (sulfide) groups is 1. The molecule has 1 rings (SSSR count). The van der Waals surface area contributed by atoms with Crippen LogP contribution < -0.4 is 0 Å². The summed E-state index contributed by atoms with van der Waals surface area (Å²) in [7, 11) is 0. The minimum absolute atomic E-state index is 0.254. The Bertz CT molecular complexity index is 250. The van der Waals surface area contributed by atoms with Crippen LogP contribution in [0.4, 0.5) is 0 Å². The van der Waals surface area contributed by atoms with E-state index in [4.69, 9.17) is 9.63 Å². The average molecular weight is 201 g/mol. The summed E-state index contributed by atoms with van der Waals surface area (Å²) in [5, 5.41) is 13.0. The molecule has 1 atom stereocenters. The van der Waals surface area contributed by atoms with Gasteiger partial charge in [0.2, 0.25) is 0 Å². The van der Waals surface area contributed by atoms with E-state index < -0.39 is 0 Å². The summed E-state index contributed by atoms with van der Waals surface area (Å²) in [5.74, 6) is 1.74. The van der Waals surface area contributed by atoms with Gasteiger partial charge in [0.25, 0.3) is 0 Å². The smallest absolute Gasteiger partial charge is 0.146 e. The fourth-order valence-corrected chi connectivity index (χ4v) is 1.83. The predicted molar refractivity (Wildman–Crippen MR) is 53.7 cm³/mol. The highest BCUT2D eigenvalue weighted by Gasteiger charge is 2.05. The van der Waals surface area contributed by atoms with E-state index in [1.54, 1.807) is 11.8 Å². The molecule has 4 heteroatoms. The zero-order chi connectivity index (χ0) is 9.68. The lowest BCUT2D eigenvalue weighted by atomic mass is 10.3. The van der Waals surface area contributed by atoms with Gasteiger partial charge in [-0.05, 0) is 13.3 Å². The summed E-state index contributed by atoms with van der Waals surface area (Å²) >= 11 is 1.77. The number of hydrogen-bond acceptors (Lipinski definition) is 4. The molecule has 0 aromatic carbocycles. The van der Waals surface area contributed by atoms with E-state index in [0.29, 0.717) is 5.25 Å². The summed E-state index contributed by atoms with van der Waals surface area (Å²) in [5.41, 5.74) is 0.922. The van der Waals surface area contributed by atoms with Gasteiger partial charge < -0.3 is 9.63 Å². The molecule has 0 radical (unpaired) electrons. The van der Waals surface area contributed by atoms with E-state index >= 15 is 0 Å². The van der Waals surface area contributed by atoms with Gasteiger partial charge in [-0.1, -0.05) is 12.1 Å². The van der Waals surface area contributed by atoms with Crippen LogP contribution in [-0.2, 0) is 5.75 Å². The quantitative estimate of drug-likeness (QED) is 0.791. The lowest BCUT2D eigenvalue weighted by Crippen LogP contribution is -1.99. The number of nitrogens with zero attached hydrogens (tertiary/aromatic N) is 1. The summed E-state index contributed by atoms with van der Waals surface area (Å²) in [6.07, 6.45) is 0.831. The highest BCUT2D eigenvalue weighted by atomic mass is 32.2. The van der Waals surface area contributed by atoms with Crippen molar-refractivity contribution in [2.24, 2.45) is 0 Å². The van der Waals surface area contributed by atoms with Gasteiger partial charge in [0.15, 0.2) is 0 Å². The molecule has 0 spiro atoms. The Morgan fingerprint density at radius 2 is 2.46 bits per heavy atom. The zero-order valence-corrected chi connectivity index (χ0v) is 8.80. The van der Waals surface area contributed by atoms with Crippen LogP contribution in [0.5, 0.6) is 0 Å². The summed E-state index contributed by atoms with van der Waals surface area (Å²) in [6, 6.07) is 1.94. The molecule has 0 amide bonds. The van der Waals surface area contributed by atoms with Crippen molar-refractivity contribution in [2.45, 2.75) is 31.3 Å².